The third-order valence-corrected chi connectivity index (χ3v) is 5.67. The maximum atomic E-state index is 12.6. The molecular weight excluding hydrogens is 420 g/mol. The molecule has 0 saturated carbocycles. The number of nitrogens with zero attached hydrogens (tertiary/aromatic N) is 2. The lowest BCUT2D eigenvalue weighted by molar-refractivity contribution is 0.0834. The lowest BCUT2D eigenvalue weighted by Crippen LogP contribution is -2.36. The van der Waals surface area contributed by atoms with E-state index in [0.717, 1.165) is 48.2 Å². The summed E-state index contributed by atoms with van der Waals surface area (Å²) in [6, 6.07) is 14.4. The van der Waals surface area contributed by atoms with Crippen molar-refractivity contribution in [2.45, 2.75) is 19.4 Å². The highest BCUT2D eigenvalue weighted by Gasteiger charge is 2.26. The normalized spacial score (nSPS) is 15.6. The lowest BCUT2D eigenvalue weighted by atomic mass is 9.89. The van der Waals surface area contributed by atoms with Gasteiger partial charge in [0, 0.05) is 28.1 Å². The zero-order valence-electron chi connectivity index (χ0n) is 15.3. The summed E-state index contributed by atoms with van der Waals surface area (Å²) in [5, 5.41) is 9.38. The number of rotatable bonds is 5. The number of aromatic nitrogens is 1. The number of carbonyl (C=O) groups is 1. The molecule has 1 N–H and O–H groups in total. The standard InChI is InChI=1S/C22H21BrN2O3/c23-18-5-1-17(2-6-18)22-24-19(14-28-22)13-25-11-9-16(10-12-25)21(27)15-3-7-20(26)8-4-15/h1-8,14,16,26H,9-13H2. The smallest absolute Gasteiger partial charge is 0.226 e. The minimum Gasteiger partial charge on any atom is -0.508 e. The molecule has 144 valence electrons. The Hall–Kier alpha value is -2.44. The maximum absolute atomic E-state index is 12.6. The molecule has 4 rings (SSSR count). The highest BCUT2D eigenvalue weighted by Crippen LogP contribution is 2.25. The lowest BCUT2D eigenvalue weighted by Gasteiger charge is -2.30. The molecule has 3 aromatic rings. The summed E-state index contributed by atoms with van der Waals surface area (Å²) in [6.45, 7) is 2.43. The van der Waals surface area contributed by atoms with Gasteiger partial charge in [-0.25, -0.2) is 4.98 Å². The molecule has 0 spiro atoms. The Balaban J connectivity index is 1.33. The third kappa shape index (κ3) is 4.34. The zero-order valence-corrected chi connectivity index (χ0v) is 16.9. The first-order valence-corrected chi connectivity index (χ1v) is 10.1. The van der Waals surface area contributed by atoms with Gasteiger partial charge in [-0.1, -0.05) is 15.9 Å². The van der Waals surface area contributed by atoms with Gasteiger partial charge in [0.25, 0.3) is 0 Å². The van der Waals surface area contributed by atoms with Crippen LogP contribution in [0.25, 0.3) is 11.5 Å². The average Bonchev–Trinajstić information content (AvgIpc) is 3.18. The number of likely N-dealkylation sites (tertiary alicyclic amines) is 1. The highest BCUT2D eigenvalue weighted by atomic mass is 79.9. The van der Waals surface area contributed by atoms with Crippen LogP contribution in [-0.4, -0.2) is 33.9 Å². The summed E-state index contributed by atoms with van der Waals surface area (Å²) in [5.74, 6) is 1.01. The Kier molecular flexibility index (Phi) is 5.59. The summed E-state index contributed by atoms with van der Waals surface area (Å²) in [5.41, 5.74) is 2.53. The molecule has 1 fully saturated rings. The van der Waals surface area contributed by atoms with E-state index in [-0.39, 0.29) is 17.5 Å². The molecule has 2 aromatic carbocycles. The second-order valence-corrected chi connectivity index (χ2v) is 8.03. The van der Waals surface area contributed by atoms with Gasteiger partial charge in [0.15, 0.2) is 5.78 Å². The van der Waals surface area contributed by atoms with Crippen LogP contribution in [0.15, 0.2) is 63.7 Å². The van der Waals surface area contributed by atoms with Gasteiger partial charge in [-0.15, -0.1) is 0 Å². The first-order chi connectivity index (χ1) is 13.6. The third-order valence-electron chi connectivity index (χ3n) is 5.14. The van der Waals surface area contributed by atoms with Crippen LogP contribution in [-0.2, 0) is 6.54 Å². The monoisotopic (exact) mass is 440 g/mol. The molecule has 28 heavy (non-hydrogen) atoms. The summed E-state index contributed by atoms with van der Waals surface area (Å²) in [4.78, 5) is 19.5. The molecule has 1 aromatic heterocycles. The SMILES string of the molecule is O=C(c1ccc(O)cc1)C1CCN(Cc2coc(-c3ccc(Br)cc3)n2)CC1. The van der Waals surface area contributed by atoms with Crippen molar-refractivity contribution in [1.82, 2.24) is 9.88 Å². The molecule has 0 amide bonds. The summed E-state index contributed by atoms with van der Waals surface area (Å²) < 4.78 is 6.65. The van der Waals surface area contributed by atoms with Crippen molar-refractivity contribution in [3.63, 3.8) is 0 Å². The molecule has 2 heterocycles. The van der Waals surface area contributed by atoms with Crippen LogP contribution in [0.5, 0.6) is 5.75 Å². The number of phenols is 1. The second kappa shape index (κ2) is 8.29. The van der Waals surface area contributed by atoms with Gasteiger partial charge >= 0.3 is 0 Å². The van der Waals surface area contributed by atoms with E-state index in [9.17, 15) is 9.90 Å². The van der Waals surface area contributed by atoms with Crippen LogP contribution in [0.1, 0.15) is 28.9 Å². The van der Waals surface area contributed by atoms with Gasteiger partial charge in [0.05, 0.1) is 5.69 Å². The minimum atomic E-state index is 0.0384. The van der Waals surface area contributed by atoms with Crippen molar-refractivity contribution < 1.29 is 14.3 Å². The highest BCUT2D eigenvalue weighted by molar-refractivity contribution is 9.10. The van der Waals surface area contributed by atoms with E-state index in [0.29, 0.717) is 11.5 Å². The predicted molar refractivity (Wildman–Crippen MR) is 110 cm³/mol. The fraction of sp³-hybridized carbons (Fsp3) is 0.273. The number of ketones is 1. The van der Waals surface area contributed by atoms with Crippen LogP contribution in [0.4, 0.5) is 0 Å². The van der Waals surface area contributed by atoms with Crippen LogP contribution >= 0.6 is 15.9 Å². The average molecular weight is 441 g/mol. The van der Waals surface area contributed by atoms with Gasteiger partial charge in [0.1, 0.15) is 12.0 Å². The minimum absolute atomic E-state index is 0.0384. The van der Waals surface area contributed by atoms with E-state index in [1.54, 1.807) is 30.5 Å². The summed E-state index contributed by atoms with van der Waals surface area (Å²) in [6.07, 6.45) is 3.37. The number of piperidine rings is 1. The van der Waals surface area contributed by atoms with Crippen molar-refractivity contribution in [2.75, 3.05) is 13.1 Å². The Morgan fingerprint density at radius 1 is 1.11 bits per heavy atom. The summed E-state index contributed by atoms with van der Waals surface area (Å²) >= 11 is 3.43. The molecule has 0 radical (unpaired) electrons. The molecule has 1 saturated heterocycles. The molecule has 0 unspecified atom stereocenters. The second-order valence-electron chi connectivity index (χ2n) is 7.11. The van der Waals surface area contributed by atoms with Gasteiger partial charge in [0.2, 0.25) is 5.89 Å². The number of oxazole rings is 1. The van der Waals surface area contributed by atoms with Gasteiger partial charge in [-0.2, -0.15) is 0 Å². The number of Topliss-reactive ketones (excluding diaryl/α,β-unsaturated/α-hetero) is 1. The molecule has 0 bridgehead atoms. The fourth-order valence-corrected chi connectivity index (χ4v) is 3.81. The Bertz CT molecular complexity index is 943. The number of benzene rings is 2. The molecule has 1 aliphatic rings. The van der Waals surface area contributed by atoms with Crippen molar-refractivity contribution in [3.05, 3.63) is 70.5 Å². The van der Waals surface area contributed by atoms with E-state index in [1.165, 1.54) is 0 Å². The molecule has 6 heteroatoms. The maximum Gasteiger partial charge on any atom is 0.226 e. The van der Waals surface area contributed by atoms with E-state index in [2.05, 4.69) is 25.8 Å². The Morgan fingerprint density at radius 3 is 2.46 bits per heavy atom. The van der Waals surface area contributed by atoms with E-state index in [1.807, 2.05) is 24.3 Å². The van der Waals surface area contributed by atoms with E-state index in [4.69, 9.17) is 4.42 Å². The van der Waals surface area contributed by atoms with Crippen LogP contribution < -0.4 is 0 Å². The van der Waals surface area contributed by atoms with Crippen molar-refractivity contribution >= 4 is 21.7 Å². The fourth-order valence-electron chi connectivity index (χ4n) is 3.55. The van der Waals surface area contributed by atoms with Crippen molar-refractivity contribution in [3.8, 4) is 17.2 Å². The van der Waals surface area contributed by atoms with Gasteiger partial charge < -0.3 is 9.52 Å². The van der Waals surface area contributed by atoms with Crippen LogP contribution in [0.2, 0.25) is 0 Å². The number of carbonyl (C=O) groups excluding carboxylic acids is 1. The molecule has 0 atom stereocenters. The number of aromatic hydroxyl groups is 1. The predicted octanol–water partition coefficient (Wildman–Crippen LogP) is 4.90. The van der Waals surface area contributed by atoms with Crippen LogP contribution in [0, 0.1) is 5.92 Å². The van der Waals surface area contributed by atoms with E-state index < -0.39 is 0 Å². The molecular formula is C22H21BrN2O3. The molecule has 0 aliphatic carbocycles. The Morgan fingerprint density at radius 2 is 1.79 bits per heavy atom. The Labute approximate surface area is 172 Å². The largest absolute Gasteiger partial charge is 0.508 e. The quantitative estimate of drug-likeness (QED) is 0.571. The molecule has 1 aliphatic heterocycles. The number of phenolic OH excluding ortho intramolecular Hbond substituents is 1. The zero-order chi connectivity index (χ0) is 19.5. The first kappa shape index (κ1) is 18.9. The van der Waals surface area contributed by atoms with Crippen LogP contribution in [0.3, 0.4) is 0 Å². The molecule has 5 nitrogen and oxygen atoms in total. The van der Waals surface area contributed by atoms with Crippen molar-refractivity contribution in [1.29, 1.82) is 0 Å². The van der Waals surface area contributed by atoms with Gasteiger partial charge in [-0.05, 0) is 74.5 Å². The van der Waals surface area contributed by atoms with E-state index >= 15 is 0 Å². The topological polar surface area (TPSA) is 66.6 Å². The van der Waals surface area contributed by atoms with Crippen molar-refractivity contribution in [2.24, 2.45) is 5.92 Å². The first-order valence-electron chi connectivity index (χ1n) is 9.34. The number of halogens is 1. The number of hydrogen-bond donors (Lipinski definition) is 1. The van der Waals surface area contributed by atoms with Gasteiger partial charge in [-0.3, -0.25) is 9.69 Å². The number of hydrogen-bond acceptors (Lipinski definition) is 5. The summed E-state index contributed by atoms with van der Waals surface area (Å²) in [7, 11) is 0.